The zero-order chi connectivity index (χ0) is 20.1. The second-order valence-corrected chi connectivity index (χ2v) is 7.74. The molecule has 6 nitrogen and oxygen atoms in total. The van der Waals surface area contributed by atoms with Crippen molar-refractivity contribution in [3.05, 3.63) is 54.6 Å². The lowest BCUT2D eigenvalue weighted by molar-refractivity contribution is -0.117. The van der Waals surface area contributed by atoms with Gasteiger partial charge in [-0.05, 0) is 49.9 Å². The number of hydrogen-bond donors (Lipinski definition) is 3. The topological polar surface area (TPSA) is 82.7 Å². The van der Waals surface area contributed by atoms with Gasteiger partial charge < -0.3 is 10.6 Å². The molecule has 1 unspecified atom stereocenters. The maximum Gasteiger partial charge on any atom is 0.224 e. The van der Waals surface area contributed by atoms with Crippen molar-refractivity contribution in [3.63, 3.8) is 0 Å². The molecule has 1 aliphatic rings. The fourth-order valence-corrected chi connectivity index (χ4v) is 3.97. The molecular weight excluding hydrogens is 362 g/mol. The van der Waals surface area contributed by atoms with Gasteiger partial charge in [0.2, 0.25) is 5.91 Å². The van der Waals surface area contributed by atoms with Crippen LogP contribution in [0.3, 0.4) is 0 Å². The fourth-order valence-electron chi connectivity index (χ4n) is 3.97. The van der Waals surface area contributed by atoms with E-state index in [4.69, 9.17) is 0 Å². The smallest absolute Gasteiger partial charge is 0.224 e. The van der Waals surface area contributed by atoms with Gasteiger partial charge in [0, 0.05) is 17.5 Å². The van der Waals surface area contributed by atoms with Gasteiger partial charge in [-0.25, -0.2) is 4.98 Å². The van der Waals surface area contributed by atoms with E-state index in [0.717, 1.165) is 42.7 Å². The van der Waals surface area contributed by atoms with Crippen LogP contribution in [0.25, 0.3) is 22.8 Å². The number of rotatable bonds is 6. The highest BCUT2D eigenvalue weighted by molar-refractivity contribution is 5.94. The maximum atomic E-state index is 12.7. The highest BCUT2D eigenvalue weighted by Gasteiger charge is 2.22. The number of carbonyl (C=O) groups excluding carboxylic acids is 1. The number of aromatic nitrogens is 3. The number of aromatic amines is 1. The number of nitrogens with zero attached hydrogens (tertiary/aromatic N) is 2. The lowest BCUT2D eigenvalue weighted by Gasteiger charge is -2.28. The molecule has 2 heterocycles. The van der Waals surface area contributed by atoms with Crippen LogP contribution in [0.15, 0.2) is 54.6 Å². The van der Waals surface area contributed by atoms with Crippen molar-refractivity contribution in [1.29, 1.82) is 0 Å². The van der Waals surface area contributed by atoms with Crippen molar-refractivity contribution >= 4 is 11.6 Å². The van der Waals surface area contributed by atoms with Gasteiger partial charge in [0.25, 0.3) is 0 Å². The van der Waals surface area contributed by atoms with E-state index < -0.39 is 0 Å². The van der Waals surface area contributed by atoms with Gasteiger partial charge >= 0.3 is 0 Å². The molecule has 1 aliphatic heterocycles. The molecule has 2 aromatic carbocycles. The van der Waals surface area contributed by atoms with E-state index >= 15 is 0 Å². The minimum absolute atomic E-state index is 0.0475. The molecule has 3 aromatic rings. The minimum Gasteiger partial charge on any atom is -0.325 e. The Labute approximate surface area is 171 Å². The number of para-hydroxylation sites is 1. The number of hydrogen-bond acceptors (Lipinski definition) is 4. The molecule has 1 fully saturated rings. The lowest BCUT2D eigenvalue weighted by Crippen LogP contribution is -2.32. The normalized spacial score (nSPS) is 15.8. The first-order chi connectivity index (χ1) is 14.2. The van der Waals surface area contributed by atoms with Gasteiger partial charge in [0.1, 0.15) is 0 Å². The van der Waals surface area contributed by atoms with E-state index in [1.807, 2.05) is 54.6 Å². The van der Waals surface area contributed by atoms with E-state index in [-0.39, 0.29) is 5.91 Å². The predicted octanol–water partition coefficient (Wildman–Crippen LogP) is 4.10. The minimum atomic E-state index is 0.0475. The fraction of sp³-hybridized carbons (Fsp3) is 0.348. The predicted molar refractivity (Wildman–Crippen MR) is 115 cm³/mol. The average molecular weight is 390 g/mol. The number of piperidine rings is 1. The first kappa shape index (κ1) is 19.3. The number of benzene rings is 2. The highest BCUT2D eigenvalue weighted by Crippen LogP contribution is 2.28. The first-order valence-electron chi connectivity index (χ1n) is 10.3. The zero-order valence-corrected chi connectivity index (χ0v) is 16.7. The molecule has 1 atom stereocenters. The van der Waals surface area contributed by atoms with Crippen LogP contribution >= 0.6 is 0 Å². The van der Waals surface area contributed by atoms with E-state index in [1.165, 1.54) is 0 Å². The van der Waals surface area contributed by atoms with Crippen LogP contribution in [-0.2, 0) is 4.79 Å². The third-order valence-electron chi connectivity index (χ3n) is 5.67. The summed E-state index contributed by atoms with van der Waals surface area (Å²) in [5.41, 5.74) is 2.54. The number of carbonyl (C=O) groups is 1. The van der Waals surface area contributed by atoms with Crippen molar-refractivity contribution in [2.75, 3.05) is 18.4 Å². The molecule has 0 radical (unpaired) electrons. The van der Waals surface area contributed by atoms with Crippen LogP contribution in [0.4, 0.5) is 5.69 Å². The summed E-state index contributed by atoms with van der Waals surface area (Å²) in [5, 5.41) is 13.8. The lowest BCUT2D eigenvalue weighted by atomic mass is 9.84. The maximum absolute atomic E-state index is 12.7. The Hall–Kier alpha value is -2.99. The molecule has 4 rings (SSSR count). The van der Waals surface area contributed by atoms with Crippen LogP contribution in [0.2, 0.25) is 0 Å². The summed E-state index contributed by atoms with van der Waals surface area (Å²) < 4.78 is 0. The molecule has 0 bridgehead atoms. The van der Waals surface area contributed by atoms with E-state index in [2.05, 4.69) is 32.7 Å². The Kier molecular flexibility index (Phi) is 6.00. The first-order valence-corrected chi connectivity index (χ1v) is 10.3. The van der Waals surface area contributed by atoms with E-state index in [9.17, 15) is 4.79 Å². The summed E-state index contributed by atoms with van der Waals surface area (Å²) in [6.45, 7) is 4.29. The molecule has 29 heavy (non-hydrogen) atoms. The summed E-state index contributed by atoms with van der Waals surface area (Å²) in [7, 11) is 0. The van der Waals surface area contributed by atoms with E-state index in [0.29, 0.717) is 29.9 Å². The van der Waals surface area contributed by atoms with Crippen molar-refractivity contribution in [3.8, 4) is 22.8 Å². The summed E-state index contributed by atoms with van der Waals surface area (Å²) in [6, 6.07) is 17.6. The van der Waals surface area contributed by atoms with Crippen molar-refractivity contribution in [2.45, 2.75) is 26.2 Å². The Bertz CT molecular complexity index is 947. The Balaban J connectivity index is 1.47. The van der Waals surface area contributed by atoms with Crippen LogP contribution < -0.4 is 10.6 Å². The van der Waals surface area contributed by atoms with Gasteiger partial charge in [-0.15, -0.1) is 0 Å². The Morgan fingerprint density at radius 2 is 1.83 bits per heavy atom. The standard InChI is InChI=1S/C23H27N5O/c1-16(17-11-13-24-14-12-17)15-21(29)25-20-10-6-5-9-19(20)23-26-22(27-28-23)18-7-3-2-4-8-18/h2-10,16-17,24H,11-15H2,1H3,(H,25,29)(H,26,27,28). The summed E-state index contributed by atoms with van der Waals surface area (Å²) in [4.78, 5) is 17.3. The van der Waals surface area contributed by atoms with Crippen molar-refractivity contribution < 1.29 is 4.79 Å². The Morgan fingerprint density at radius 1 is 1.10 bits per heavy atom. The monoisotopic (exact) mass is 389 g/mol. The largest absolute Gasteiger partial charge is 0.325 e. The third-order valence-corrected chi connectivity index (χ3v) is 5.67. The van der Waals surface area contributed by atoms with Gasteiger partial charge in [0.15, 0.2) is 11.6 Å². The van der Waals surface area contributed by atoms with Crippen LogP contribution in [0.1, 0.15) is 26.2 Å². The Morgan fingerprint density at radius 3 is 2.62 bits per heavy atom. The average Bonchev–Trinajstić information content (AvgIpc) is 3.25. The molecule has 0 saturated carbocycles. The summed E-state index contributed by atoms with van der Waals surface area (Å²) in [5.74, 6) is 2.32. The van der Waals surface area contributed by atoms with Gasteiger partial charge in [-0.2, -0.15) is 5.10 Å². The van der Waals surface area contributed by atoms with Crippen molar-refractivity contribution in [2.24, 2.45) is 11.8 Å². The van der Waals surface area contributed by atoms with Crippen LogP contribution in [0.5, 0.6) is 0 Å². The molecule has 3 N–H and O–H groups in total. The number of amides is 1. The van der Waals surface area contributed by atoms with Gasteiger partial charge in [0.05, 0.1) is 5.69 Å². The van der Waals surface area contributed by atoms with Crippen LogP contribution in [-0.4, -0.2) is 34.2 Å². The number of nitrogens with one attached hydrogen (secondary N) is 3. The van der Waals surface area contributed by atoms with Gasteiger partial charge in [-0.3, -0.25) is 9.89 Å². The van der Waals surface area contributed by atoms with Crippen LogP contribution in [0, 0.1) is 11.8 Å². The van der Waals surface area contributed by atoms with Gasteiger partial charge in [-0.1, -0.05) is 49.4 Å². The second kappa shape index (κ2) is 9.01. The van der Waals surface area contributed by atoms with E-state index in [1.54, 1.807) is 0 Å². The molecule has 150 valence electrons. The zero-order valence-electron chi connectivity index (χ0n) is 16.7. The second-order valence-electron chi connectivity index (χ2n) is 7.74. The molecule has 6 heteroatoms. The molecule has 0 aliphatic carbocycles. The summed E-state index contributed by atoms with van der Waals surface area (Å²) >= 11 is 0. The number of anilines is 1. The van der Waals surface area contributed by atoms with Crippen molar-refractivity contribution in [1.82, 2.24) is 20.5 Å². The third kappa shape index (κ3) is 4.71. The summed E-state index contributed by atoms with van der Waals surface area (Å²) in [6.07, 6.45) is 2.82. The highest BCUT2D eigenvalue weighted by atomic mass is 16.1. The molecule has 1 amide bonds. The number of H-pyrrole nitrogens is 1. The SMILES string of the molecule is CC(CC(=O)Nc1ccccc1-c1nc(-c2ccccc2)n[nH]1)C1CCNCC1. The molecule has 0 spiro atoms. The molecule has 1 saturated heterocycles. The molecule has 1 aromatic heterocycles. The quantitative estimate of drug-likeness (QED) is 0.593. The molecular formula is C23H27N5O.